The van der Waals surface area contributed by atoms with E-state index >= 15 is 0 Å². The van der Waals surface area contributed by atoms with Crippen LogP contribution in [0.25, 0.3) is 0 Å². The second-order valence-electron chi connectivity index (χ2n) is 5.37. The topological polar surface area (TPSA) is 58.2 Å². The standard InChI is InChI=1S/C17H26N2O2/c1-4-6-7-11-16(20)19-15-10-8-9-14(12-15)17(21)18-13(3)5-2/h8-10,12-13H,4-7,11H2,1-3H3,(H,18,21)(H,19,20)/t13-/m0/s1. The van der Waals surface area contributed by atoms with Crippen molar-refractivity contribution >= 4 is 17.5 Å². The quantitative estimate of drug-likeness (QED) is 0.717. The van der Waals surface area contributed by atoms with E-state index in [1.54, 1.807) is 24.3 Å². The third-order valence-corrected chi connectivity index (χ3v) is 3.41. The van der Waals surface area contributed by atoms with Crippen molar-refractivity contribution in [1.29, 1.82) is 0 Å². The molecule has 2 amide bonds. The lowest BCUT2D eigenvalue weighted by molar-refractivity contribution is -0.116. The van der Waals surface area contributed by atoms with Gasteiger partial charge in [0.15, 0.2) is 0 Å². The van der Waals surface area contributed by atoms with Crippen LogP contribution >= 0.6 is 0 Å². The van der Waals surface area contributed by atoms with E-state index in [-0.39, 0.29) is 17.9 Å². The fourth-order valence-electron chi connectivity index (χ4n) is 1.91. The van der Waals surface area contributed by atoms with E-state index in [0.29, 0.717) is 17.7 Å². The molecule has 0 spiro atoms. The van der Waals surface area contributed by atoms with Crippen LogP contribution in [0.3, 0.4) is 0 Å². The monoisotopic (exact) mass is 290 g/mol. The normalized spacial score (nSPS) is 11.8. The molecular formula is C17H26N2O2. The van der Waals surface area contributed by atoms with Gasteiger partial charge in [-0.25, -0.2) is 0 Å². The van der Waals surface area contributed by atoms with Gasteiger partial charge in [-0.2, -0.15) is 0 Å². The van der Waals surface area contributed by atoms with Gasteiger partial charge in [-0.15, -0.1) is 0 Å². The number of benzene rings is 1. The number of anilines is 1. The number of carbonyl (C=O) groups is 2. The van der Waals surface area contributed by atoms with Crippen molar-refractivity contribution in [2.45, 2.75) is 58.9 Å². The molecule has 0 aromatic heterocycles. The van der Waals surface area contributed by atoms with Crippen molar-refractivity contribution in [1.82, 2.24) is 5.32 Å². The zero-order chi connectivity index (χ0) is 15.7. The first kappa shape index (κ1) is 17.2. The number of rotatable bonds is 8. The first-order chi connectivity index (χ1) is 10.1. The maximum absolute atomic E-state index is 12.0. The van der Waals surface area contributed by atoms with E-state index in [9.17, 15) is 9.59 Å². The average molecular weight is 290 g/mol. The summed E-state index contributed by atoms with van der Waals surface area (Å²) >= 11 is 0. The second kappa shape index (κ2) is 9.16. The molecule has 0 radical (unpaired) electrons. The Morgan fingerprint density at radius 2 is 1.95 bits per heavy atom. The molecule has 1 aromatic carbocycles. The fraction of sp³-hybridized carbons (Fsp3) is 0.529. The number of carbonyl (C=O) groups excluding carboxylic acids is 2. The smallest absolute Gasteiger partial charge is 0.251 e. The lowest BCUT2D eigenvalue weighted by Crippen LogP contribution is -2.31. The number of unbranched alkanes of at least 4 members (excludes halogenated alkanes) is 2. The fourth-order valence-corrected chi connectivity index (χ4v) is 1.91. The van der Waals surface area contributed by atoms with E-state index in [2.05, 4.69) is 17.6 Å². The van der Waals surface area contributed by atoms with Crippen LogP contribution in [0.1, 0.15) is 63.2 Å². The Morgan fingerprint density at radius 3 is 2.62 bits per heavy atom. The minimum Gasteiger partial charge on any atom is -0.350 e. The number of amides is 2. The summed E-state index contributed by atoms with van der Waals surface area (Å²) in [4.78, 5) is 23.8. The first-order valence-electron chi connectivity index (χ1n) is 7.77. The third-order valence-electron chi connectivity index (χ3n) is 3.41. The van der Waals surface area contributed by atoms with Crippen LogP contribution in [0.4, 0.5) is 5.69 Å². The molecule has 0 aliphatic rings. The highest BCUT2D eigenvalue weighted by molar-refractivity contribution is 5.97. The lowest BCUT2D eigenvalue weighted by Gasteiger charge is -2.12. The van der Waals surface area contributed by atoms with E-state index < -0.39 is 0 Å². The lowest BCUT2D eigenvalue weighted by atomic mass is 10.1. The summed E-state index contributed by atoms with van der Waals surface area (Å²) < 4.78 is 0. The van der Waals surface area contributed by atoms with Gasteiger partial charge < -0.3 is 10.6 Å². The molecule has 21 heavy (non-hydrogen) atoms. The van der Waals surface area contributed by atoms with Gasteiger partial charge in [0.2, 0.25) is 5.91 Å². The van der Waals surface area contributed by atoms with Gasteiger partial charge in [0.25, 0.3) is 5.91 Å². The minimum atomic E-state index is -0.105. The molecule has 0 bridgehead atoms. The van der Waals surface area contributed by atoms with E-state index in [1.807, 2.05) is 13.8 Å². The third kappa shape index (κ3) is 6.43. The second-order valence-corrected chi connectivity index (χ2v) is 5.37. The average Bonchev–Trinajstić information content (AvgIpc) is 2.47. The molecule has 1 rings (SSSR count). The van der Waals surface area contributed by atoms with Crippen molar-refractivity contribution < 1.29 is 9.59 Å². The first-order valence-corrected chi connectivity index (χ1v) is 7.77. The SMILES string of the molecule is CCCCCC(=O)Nc1cccc(C(=O)N[C@@H](C)CC)c1. The Hall–Kier alpha value is -1.84. The van der Waals surface area contributed by atoms with E-state index in [4.69, 9.17) is 0 Å². The van der Waals surface area contributed by atoms with E-state index in [0.717, 1.165) is 25.7 Å². The molecule has 4 nitrogen and oxygen atoms in total. The van der Waals surface area contributed by atoms with Gasteiger partial charge in [0.05, 0.1) is 0 Å². The van der Waals surface area contributed by atoms with Gasteiger partial charge in [0, 0.05) is 23.7 Å². The zero-order valence-corrected chi connectivity index (χ0v) is 13.2. The molecule has 0 aliphatic heterocycles. The van der Waals surface area contributed by atoms with Crippen molar-refractivity contribution in [3.8, 4) is 0 Å². The van der Waals surface area contributed by atoms with Crippen molar-refractivity contribution in [3.05, 3.63) is 29.8 Å². The number of hydrogen-bond donors (Lipinski definition) is 2. The van der Waals surface area contributed by atoms with Crippen LogP contribution in [0, 0.1) is 0 Å². The maximum Gasteiger partial charge on any atom is 0.251 e. The van der Waals surface area contributed by atoms with Gasteiger partial charge in [-0.1, -0.05) is 32.8 Å². The van der Waals surface area contributed by atoms with Crippen LogP contribution in [0.2, 0.25) is 0 Å². The predicted molar refractivity (Wildman–Crippen MR) is 86.4 cm³/mol. The zero-order valence-electron chi connectivity index (χ0n) is 13.2. The van der Waals surface area contributed by atoms with Crippen molar-refractivity contribution in [3.63, 3.8) is 0 Å². The summed E-state index contributed by atoms with van der Waals surface area (Å²) in [6.45, 7) is 6.10. The molecule has 0 fully saturated rings. The molecule has 0 saturated carbocycles. The largest absolute Gasteiger partial charge is 0.350 e. The Labute approximate surface area is 127 Å². The highest BCUT2D eigenvalue weighted by atomic mass is 16.2. The van der Waals surface area contributed by atoms with Crippen molar-refractivity contribution in [2.24, 2.45) is 0 Å². The summed E-state index contributed by atoms with van der Waals surface area (Å²) in [6.07, 6.45) is 4.47. The molecule has 0 aliphatic carbocycles. The Balaban J connectivity index is 2.59. The molecule has 2 N–H and O–H groups in total. The molecular weight excluding hydrogens is 264 g/mol. The Kier molecular flexibility index (Phi) is 7.51. The highest BCUT2D eigenvalue weighted by Gasteiger charge is 2.09. The summed E-state index contributed by atoms with van der Waals surface area (Å²) in [5.41, 5.74) is 1.25. The molecule has 4 heteroatoms. The van der Waals surface area contributed by atoms with Crippen molar-refractivity contribution in [2.75, 3.05) is 5.32 Å². The summed E-state index contributed by atoms with van der Waals surface area (Å²) in [6, 6.07) is 7.20. The minimum absolute atomic E-state index is 0.00272. The molecule has 116 valence electrons. The van der Waals surface area contributed by atoms with Crippen LogP contribution in [-0.4, -0.2) is 17.9 Å². The number of hydrogen-bond acceptors (Lipinski definition) is 2. The number of nitrogens with one attached hydrogen (secondary N) is 2. The molecule has 1 aromatic rings. The van der Waals surface area contributed by atoms with Gasteiger partial charge in [0.1, 0.15) is 0 Å². The highest BCUT2D eigenvalue weighted by Crippen LogP contribution is 2.12. The predicted octanol–water partition coefficient (Wildman–Crippen LogP) is 3.73. The Bertz CT molecular complexity index is 472. The molecule has 1 atom stereocenters. The maximum atomic E-state index is 12.0. The van der Waals surface area contributed by atoms with Crippen LogP contribution < -0.4 is 10.6 Å². The van der Waals surface area contributed by atoms with Gasteiger partial charge in [-0.3, -0.25) is 9.59 Å². The van der Waals surface area contributed by atoms with Crippen LogP contribution in [0.5, 0.6) is 0 Å². The Morgan fingerprint density at radius 1 is 1.19 bits per heavy atom. The summed E-state index contributed by atoms with van der Waals surface area (Å²) in [5.74, 6) is -0.102. The van der Waals surface area contributed by atoms with Crippen LogP contribution in [-0.2, 0) is 4.79 Å². The summed E-state index contributed by atoms with van der Waals surface area (Å²) in [5, 5.41) is 5.76. The van der Waals surface area contributed by atoms with Crippen LogP contribution in [0.15, 0.2) is 24.3 Å². The molecule has 0 unspecified atom stereocenters. The van der Waals surface area contributed by atoms with Gasteiger partial charge >= 0.3 is 0 Å². The summed E-state index contributed by atoms with van der Waals surface area (Å²) in [7, 11) is 0. The van der Waals surface area contributed by atoms with E-state index in [1.165, 1.54) is 0 Å². The van der Waals surface area contributed by atoms with Gasteiger partial charge in [-0.05, 0) is 38.0 Å². The molecule has 0 heterocycles. The molecule has 0 saturated heterocycles.